The smallest absolute Gasteiger partial charge is 0.214 e. The van der Waals surface area contributed by atoms with Crippen molar-refractivity contribution in [3.63, 3.8) is 0 Å². The third kappa shape index (κ3) is 3.25. The second-order valence-electron chi connectivity index (χ2n) is 5.26. The van der Waals surface area contributed by atoms with Crippen LogP contribution < -0.4 is 4.90 Å². The number of aliphatic hydroxyl groups excluding tert-OH is 1. The Labute approximate surface area is 119 Å². The van der Waals surface area contributed by atoms with Crippen molar-refractivity contribution in [1.29, 1.82) is 0 Å². The lowest BCUT2D eigenvalue weighted by Crippen LogP contribution is -2.33. The van der Waals surface area contributed by atoms with Gasteiger partial charge in [-0.2, -0.15) is 0 Å². The Morgan fingerprint density at radius 2 is 2.15 bits per heavy atom. The minimum absolute atomic E-state index is 0.0538. The van der Waals surface area contributed by atoms with Crippen molar-refractivity contribution in [2.45, 2.75) is 13.0 Å². The van der Waals surface area contributed by atoms with E-state index < -0.39 is 16.1 Å². The lowest BCUT2D eigenvalue weighted by Gasteiger charge is -2.18. The van der Waals surface area contributed by atoms with Crippen LogP contribution in [0, 0.1) is 12.8 Å². The standard InChI is InChI=1S/C12H20N4O3S/c1-9-13-5-4-12(14-9)16-6-10(11(17)7-16)8-20(18,19)15(2)3/h4-5,10-11,17H,6-8H2,1-3H3/t10-,11+/m0/s1. The first-order chi connectivity index (χ1) is 9.29. The first-order valence-corrected chi connectivity index (χ1v) is 8.03. The molecule has 7 nitrogen and oxygen atoms in total. The van der Waals surface area contributed by atoms with Crippen molar-refractivity contribution in [1.82, 2.24) is 14.3 Å². The molecule has 1 aliphatic heterocycles. The van der Waals surface area contributed by atoms with Crippen molar-refractivity contribution in [3.05, 3.63) is 18.1 Å². The molecule has 2 rings (SSSR count). The predicted molar refractivity (Wildman–Crippen MR) is 76.0 cm³/mol. The lowest BCUT2D eigenvalue weighted by atomic mass is 10.1. The Morgan fingerprint density at radius 1 is 1.45 bits per heavy atom. The van der Waals surface area contributed by atoms with Gasteiger partial charge in [-0.1, -0.05) is 0 Å². The molecular formula is C12H20N4O3S. The zero-order valence-corrected chi connectivity index (χ0v) is 12.7. The normalized spacial score (nSPS) is 23.6. The van der Waals surface area contributed by atoms with E-state index in [0.29, 0.717) is 18.9 Å². The van der Waals surface area contributed by atoms with E-state index in [-0.39, 0.29) is 11.7 Å². The topological polar surface area (TPSA) is 86.6 Å². The fourth-order valence-electron chi connectivity index (χ4n) is 2.24. The van der Waals surface area contributed by atoms with Crippen LogP contribution in [0.5, 0.6) is 0 Å². The second kappa shape index (κ2) is 5.63. The number of nitrogens with zero attached hydrogens (tertiary/aromatic N) is 4. The first kappa shape index (κ1) is 15.1. The Hall–Kier alpha value is -1.25. The van der Waals surface area contributed by atoms with E-state index in [0.717, 1.165) is 5.82 Å². The molecule has 1 fully saturated rings. The molecule has 1 aromatic rings. The maximum Gasteiger partial charge on any atom is 0.214 e. The molecule has 1 aliphatic rings. The number of anilines is 1. The maximum atomic E-state index is 11.9. The highest BCUT2D eigenvalue weighted by molar-refractivity contribution is 7.89. The molecule has 0 amide bonds. The summed E-state index contributed by atoms with van der Waals surface area (Å²) in [6, 6.07) is 1.77. The number of hydrogen-bond donors (Lipinski definition) is 1. The number of aliphatic hydroxyl groups is 1. The van der Waals surface area contributed by atoms with Gasteiger partial charge in [0.25, 0.3) is 0 Å². The van der Waals surface area contributed by atoms with Gasteiger partial charge < -0.3 is 10.0 Å². The summed E-state index contributed by atoms with van der Waals surface area (Å²) >= 11 is 0. The highest BCUT2D eigenvalue weighted by atomic mass is 32.2. The summed E-state index contributed by atoms with van der Waals surface area (Å²) in [6.07, 6.45) is 0.994. The molecule has 2 atom stereocenters. The Kier molecular flexibility index (Phi) is 4.26. The summed E-state index contributed by atoms with van der Waals surface area (Å²) in [7, 11) is -0.310. The molecule has 0 radical (unpaired) electrons. The molecule has 1 aromatic heterocycles. The van der Waals surface area contributed by atoms with Crippen molar-refractivity contribution >= 4 is 15.8 Å². The van der Waals surface area contributed by atoms with Crippen molar-refractivity contribution in [2.24, 2.45) is 5.92 Å². The number of rotatable bonds is 4. The molecule has 2 heterocycles. The van der Waals surface area contributed by atoms with Gasteiger partial charge in [0, 0.05) is 39.3 Å². The van der Waals surface area contributed by atoms with Gasteiger partial charge in [0.15, 0.2) is 0 Å². The van der Waals surface area contributed by atoms with Crippen LogP contribution in [0.1, 0.15) is 5.82 Å². The van der Waals surface area contributed by atoms with E-state index in [2.05, 4.69) is 9.97 Å². The molecule has 112 valence electrons. The Bertz CT molecular complexity index is 576. The van der Waals surface area contributed by atoms with Crippen LogP contribution in [0.15, 0.2) is 12.3 Å². The van der Waals surface area contributed by atoms with Gasteiger partial charge in [-0.3, -0.25) is 0 Å². The van der Waals surface area contributed by atoms with E-state index in [1.54, 1.807) is 19.2 Å². The monoisotopic (exact) mass is 300 g/mol. The van der Waals surface area contributed by atoms with Crippen molar-refractivity contribution in [3.8, 4) is 0 Å². The minimum Gasteiger partial charge on any atom is -0.391 e. The predicted octanol–water partition coefficient (Wildman–Crippen LogP) is -0.526. The fraction of sp³-hybridized carbons (Fsp3) is 0.667. The maximum absolute atomic E-state index is 11.9. The van der Waals surface area contributed by atoms with Crippen molar-refractivity contribution < 1.29 is 13.5 Å². The summed E-state index contributed by atoms with van der Waals surface area (Å²) in [5, 5.41) is 10.1. The number of sulfonamides is 1. The third-order valence-electron chi connectivity index (χ3n) is 3.47. The molecule has 1 N–H and O–H groups in total. The van der Waals surface area contributed by atoms with Crippen LogP contribution in [0.2, 0.25) is 0 Å². The summed E-state index contributed by atoms with van der Waals surface area (Å²) in [4.78, 5) is 10.2. The van der Waals surface area contributed by atoms with Gasteiger partial charge in [0.05, 0.1) is 11.9 Å². The Balaban J connectivity index is 2.10. The number of hydrogen-bond acceptors (Lipinski definition) is 6. The van der Waals surface area contributed by atoms with Gasteiger partial charge in [0.2, 0.25) is 10.0 Å². The average Bonchev–Trinajstić information content (AvgIpc) is 2.70. The summed E-state index contributed by atoms with van der Waals surface area (Å²) in [6.45, 7) is 2.67. The number of β-amino-alcohol motifs (C(OH)–C–C–N with tert-alkyl or cyclic N) is 1. The van der Waals surface area contributed by atoms with E-state index in [1.165, 1.54) is 18.4 Å². The summed E-state index contributed by atoms with van der Waals surface area (Å²) in [5.41, 5.74) is 0. The number of aromatic nitrogens is 2. The van der Waals surface area contributed by atoms with Crippen LogP contribution in [0.3, 0.4) is 0 Å². The van der Waals surface area contributed by atoms with E-state index in [1.807, 2.05) is 4.90 Å². The highest BCUT2D eigenvalue weighted by Crippen LogP contribution is 2.24. The second-order valence-corrected chi connectivity index (χ2v) is 7.48. The quantitative estimate of drug-likeness (QED) is 0.805. The molecular weight excluding hydrogens is 280 g/mol. The van der Waals surface area contributed by atoms with Crippen LogP contribution in [0.25, 0.3) is 0 Å². The molecule has 0 spiro atoms. The van der Waals surface area contributed by atoms with Crippen LogP contribution in [-0.2, 0) is 10.0 Å². The molecule has 0 saturated carbocycles. The zero-order chi connectivity index (χ0) is 14.9. The summed E-state index contributed by atoms with van der Waals surface area (Å²) < 4.78 is 25.0. The third-order valence-corrected chi connectivity index (χ3v) is 5.43. The highest BCUT2D eigenvalue weighted by Gasteiger charge is 2.35. The molecule has 20 heavy (non-hydrogen) atoms. The average molecular weight is 300 g/mol. The van der Waals surface area contributed by atoms with E-state index >= 15 is 0 Å². The van der Waals surface area contributed by atoms with Crippen LogP contribution in [0.4, 0.5) is 5.82 Å². The molecule has 0 bridgehead atoms. The van der Waals surface area contributed by atoms with Crippen molar-refractivity contribution in [2.75, 3.05) is 37.8 Å². The van der Waals surface area contributed by atoms with Gasteiger partial charge in [0.1, 0.15) is 11.6 Å². The minimum atomic E-state index is -3.31. The van der Waals surface area contributed by atoms with Crippen LogP contribution >= 0.6 is 0 Å². The first-order valence-electron chi connectivity index (χ1n) is 6.42. The molecule has 0 aromatic carbocycles. The van der Waals surface area contributed by atoms with Crippen LogP contribution in [-0.4, -0.2) is 66.8 Å². The SMILES string of the molecule is Cc1nccc(N2C[C@@H](CS(=O)(=O)N(C)C)[C@H](O)C2)n1. The van der Waals surface area contributed by atoms with E-state index in [4.69, 9.17) is 0 Å². The largest absolute Gasteiger partial charge is 0.391 e. The molecule has 8 heteroatoms. The fourth-order valence-corrected chi connectivity index (χ4v) is 3.41. The number of aryl methyl sites for hydroxylation is 1. The molecule has 0 aliphatic carbocycles. The van der Waals surface area contributed by atoms with E-state index in [9.17, 15) is 13.5 Å². The van der Waals surface area contributed by atoms with Gasteiger partial charge in [-0.05, 0) is 13.0 Å². The zero-order valence-electron chi connectivity index (χ0n) is 11.9. The molecule has 1 saturated heterocycles. The molecule has 0 unspecified atom stereocenters. The van der Waals surface area contributed by atoms with Gasteiger partial charge >= 0.3 is 0 Å². The van der Waals surface area contributed by atoms with Gasteiger partial charge in [-0.15, -0.1) is 0 Å². The summed E-state index contributed by atoms with van der Waals surface area (Å²) in [5.74, 6) is 1.02. The lowest BCUT2D eigenvalue weighted by molar-refractivity contribution is 0.157. The van der Waals surface area contributed by atoms with Gasteiger partial charge in [-0.25, -0.2) is 22.7 Å². The Morgan fingerprint density at radius 3 is 2.75 bits per heavy atom.